The van der Waals surface area contributed by atoms with Crippen LogP contribution in [0.1, 0.15) is 12.8 Å². The van der Waals surface area contributed by atoms with Gasteiger partial charge in [0.25, 0.3) is 0 Å². The van der Waals surface area contributed by atoms with Crippen molar-refractivity contribution in [3.8, 4) is 0 Å². The predicted molar refractivity (Wildman–Crippen MR) is 39.0 cm³/mol. The lowest BCUT2D eigenvalue weighted by Crippen LogP contribution is -2.25. The van der Waals surface area contributed by atoms with Crippen LogP contribution in [0, 0.1) is 5.92 Å². The van der Waals surface area contributed by atoms with Gasteiger partial charge in [0.1, 0.15) is 6.29 Å². The van der Waals surface area contributed by atoms with Gasteiger partial charge < -0.3 is 20.1 Å². The molecule has 0 aromatic rings. The Morgan fingerprint density at radius 1 is 1.36 bits per heavy atom. The van der Waals surface area contributed by atoms with Crippen molar-refractivity contribution in [2.75, 3.05) is 13.2 Å². The van der Waals surface area contributed by atoms with Crippen molar-refractivity contribution in [3.05, 3.63) is 0 Å². The molecule has 0 spiro atoms. The Hall–Kier alpha value is -0.450. The number of rotatable bonds is 6. The Balaban J connectivity index is 3.65. The second kappa shape index (κ2) is 6.27. The Kier molecular flexibility index (Phi) is 6.02. The summed E-state index contributed by atoms with van der Waals surface area (Å²) in [6, 6.07) is 0. The summed E-state index contributed by atoms with van der Waals surface area (Å²) in [7, 11) is 0. The molecule has 2 atom stereocenters. The Labute approximate surface area is 65.5 Å². The summed E-state index contributed by atoms with van der Waals surface area (Å²) in [5, 5.41) is 25.9. The lowest BCUT2D eigenvalue weighted by atomic mass is 9.99. The van der Waals surface area contributed by atoms with Crippen LogP contribution in [0.2, 0.25) is 0 Å². The minimum atomic E-state index is -0.987. The first kappa shape index (κ1) is 10.6. The van der Waals surface area contributed by atoms with Gasteiger partial charge in [-0.1, -0.05) is 0 Å². The van der Waals surface area contributed by atoms with E-state index in [1.807, 2.05) is 0 Å². The zero-order valence-corrected chi connectivity index (χ0v) is 6.31. The molecule has 0 heterocycles. The van der Waals surface area contributed by atoms with Crippen molar-refractivity contribution < 1.29 is 20.1 Å². The summed E-state index contributed by atoms with van der Waals surface area (Å²) in [5.74, 6) is -0.549. The number of carbonyl (C=O) groups excluding carboxylic acids is 1. The third-order valence-corrected chi connectivity index (χ3v) is 1.55. The maximum Gasteiger partial charge on any atom is 0.125 e. The summed E-state index contributed by atoms with van der Waals surface area (Å²) in [4.78, 5) is 10.3. The van der Waals surface area contributed by atoms with Crippen LogP contribution in [0.3, 0.4) is 0 Å². The molecular formula is C7H14O4. The van der Waals surface area contributed by atoms with Gasteiger partial charge in [0.15, 0.2) is 0 Å². The summed E-state index contributed by atoms with van der Waals surface area (Å²) in [6.07, 6.45) is 0.512. The quantitative estimate of drug-likeness (QED) is 0.434. The molecule has 0 saturated carbocycles. The average Bonchev–Trinajstić information content (AvgIpc) is 2.05. The van der Waals surface area contributed by atoms with E-state index >= 15 is 0 Å². The SMILES string of the molecule is O=CC(CCCO)C(O)CO. The molecular weight excluding hydrogens is 148 g/mol. The van der Waals surface area contributed by atoms with Crippen LogP contribution in [0.15, 0.2) is 0 Å². The van der Waals surface area contributed by atoms with Gasteiger partial charge in [-0.3, -0.25) is 0 Å². The fraction of sp³-hybridized carbons (Fsp3) is 0.857. The van der Waals surface area contributed by atoms with Gasteiger partial charge in [0.2, 0.25) is 0 Å². The van der Waals surface area contributed by atoms with Gasteiger partial charge in [0.05, 0.1) is 12.7 Å². The molecule has 0 amide bonds. The van der Waals surface area contributed by atoms with Crippen LogP contribution in [-0.2, 0) is 4.79 Å². The molecule has 11 heavy (non-hydrogen) atoms. The Morgan fingerprint density at radius 2 is 2.00 bits per heavy atom. The number of hydrogen-bond donors (Lipinski definition) is 3. The molecule has 0 aliphatic carbocycles. The lowest BCUT2D eigenvalue weighted by molar-refractivity contribution is -0.115. The van der Waals surface area contributed by atoms with Gasteiger partial charge in [-0.2, -0.15) is 0 Å². The van der Waals surface area contributed by atoms with Crippen LogP contribution < -0.4 is 0 Å². The molecule has 0 aliphatic heterocycles. The first-order chi connectivity index (χ1) is 5.26. The second-order valence-corrected chi connectivity index (χ2v) is 2.42. The van der Waals surface area contributed by atoms with Crippen molar-refractivity contribution in [2.45, 2.75) is 18.9 Å². The number of aldehydes is 1. The highest BCUT2D eigenvalue weighted by molar-refractivity contribution is 5.54. The van der Waals surface area contributed by atoms with E-state index in [-0.39, 0.29) is 6.61 Å². The van der Waals surface area contributed by atoms with Crippen molar-refractivity contribution >= 4 is 6.29 Å². The molecule has 0 aromatic heterocycles. The van der Waals surface area contributed by atoms with Gasteiger partial charge >= 0.3 is 0 Å². The van der Waals surface area contributed by atoms with Gasteiger partial charge in [-0.15, -0.1) is 0 Å². The number of aliphatic hydroxyl groups excluding tert-OH is 3. The first-order valence-electron chi connectivity index (χ1n) is 3.61. The van der Waals surface area contributed by atoms with Crippen molar-refractivity contribution in [3.63, 3.8) is 0 Å². The highest BCUT2D eigenvalue weighted by Gasteiger charge is 2.16. The Morgan fingerprint density at radius 3 is 2.36 bits per heavy atom. The number of aliphatic hydroxyl groups is 3. The third kappa shape index (κ3) is 4.08. The molecule has 0 aliphatic rings. The van der Waals surface area contributed by atoms with E-state index in [1.165, 1.54) is 0 Å². The summed E-state index contributed by atoms with van der Waals surface area (Å²) < 4.78 is 0. The van der Waals surface area contributed by atoms with Crippen molar-refractivity contribution in [1.29, 1.82) is 0 Å². The van der Waals surface area contributed by atoms with Crippen molar-refractivity contribution in [1.82, 2.24) is 0 Å². The summed E-state index contributed by atoms with van der Waals surface area (Å²) in [5.41, 5.74) is 0. The van der Waals surface area contributed by atoms with E-state index in [2.05, 4.69) is 0 Å². The van der Waals surface area contributed by atoms with E-state index in [0.717, 1.165) is 0 Å². The monoisotopic (exact) mass is 162 g/mol. The van der Waals surface area contributed by atoms with Crippen LogP contribution >= 0.6 is 0 Å². The highest BCUT2D eigenvalue weighted by atomic mass is 16.3. The normalized spacial score (nSPS) is 15.9. The standard InChI is InChI=1S/C7H14O4/c8-3-1-2-6(4-9)7(11)5-10/h4,6-8,10-11H,1-3,5H2. The van der Waals surface area contributed by atoms with E-state index < -0.39 is 18.6 Å². The van der Waals surface area contributed by atoms with Crippen LogP contribution in [0.4, 0.5) is 0 Å². The Bertz CT molecular complexity index is 105. The summed E-state index contributed by atoms with van der Waals surface area (Å²) in [6.45, 7) is -0.405. The molecule has 0 rings (SSSR count). The second-order valence-electron chi connectivity index (χ2n) is 2.42. The largest absolute Gasteiger partial charge is 0.396 e. The lowest BCUT2D eigenvalue weighted by Gasteiger charge is -2.13. The minimum Gasteiger partial charge on any atom is -0.396 e. The van der Waals surface area contributed by atoms with E-state index in [9.17, 15) is 4.79 Å². The number of hydrogen-bond acceptors (Lipinski definition) is 4. The fourth-order valence-electron chi connectivity index (χ4n) is 0.814. The fourth-order valence-corrected chi connectivity index (χ4v) is 0.814. The van der Waals surface area contributed by atoms with E-state index in [4.69, 9.17) is 15.3 Å². The van der Waals surface area contributed by atoms with Gasteiger partial charge in [-0.25, -0.2) is 0 Å². The molecule has 0 radical (unpaired) electrons. The minimum absolute atomic E-state index is 0.00247. The molecule has 0 aromatic carbocycles. The number of carbonyl (C=O) groups is 1. The molecule has 0 bridgehead atoms. The molecule has 66 valence electrons. The topological polar surface area (TPSA) is 77.8 Å². The van der Waals surface area contributed by atoms with Crippen LogP contribution in [0.5, 0.6) is 0 Å². The molecule has 0 saturated heterocycles. The molecule has 3 N–H and O–H groups in total. The smallest absolute Gasteiger partial charge is 0.125 e. The van der Waals surface area contributed by atoms with Gasteiger partial charge in [-0.05, 0) is 12.8 Å². The molecule has 4 nitrogen and oxygen atoms in total. The maximum absolute atomic E-state index is 10.3. The zero-order chi connectivity index (χ0) is 8.69. The maximum atomic E-state index is 10.3. The molecule has 4 heteroatoms. The predicted octanol–water partition coefficient (Wildman–Crippen LogP) is -1.07. The van der Waals surface area contributed by atoms with Crippen LogP contribution in [-0.4, -0.2) is 40.9 Å². The van der Waals surface area contributed by atoms with E-state index in [0.29, 0.717) is 19.1 Å². The summed E-state index contributed by atoms with van der Waals surface area (Å²) >= 11 is 0. The van der Waals surface area contributed by atoms with Crippen LogP contribution in [0.25, 0.3) is 0 Å². The first-order valence-corrected chi connectivity index (χ1v) is 3.61. The highest BCUT2D eigenvalue weighted by Crippen LogP contribution is 2.07. The molecule has 0 fully saturated rings. The zero-order valence-electron chi connectivity index (χ0n) is 6.31. The van der Waals surface area contributed by atoms with Crippen molar-refractivity contribution in [2.24, 2.45) is 5.92 Å². The third-order valence-electron chi connectivity index (χ3n) is 1.55. The van der Waals surface area contributed by atoms with E-state index in [1.54, 1.807) is 0 Å². The molecule has 2 unspecified atom stereocenters. The van der Waals surface area contributed by atoms with Gasteiger partial charge in [0, 0.05) is 12.5 Å². The average molecular weight is 162 g/mol.